The summed E-state index contributed by atoms with van der Waals surface area (Å²) in [6.07, 6.45) is 0.120. The van der Waals surface area contributed by atoms with Gasteiger partial charge in [-0.1, -0.05) is 72.8 Å². The molecule has 2 aliphatic rings. The van der Waals surface area contributed by atoms with Crippen LogP contribution in [0.4, 0.5) is 0 Å². The second kappa shape index (κ2) is 11.1. The number of hydrogen-bond donors (Lipinski definition) is 0. The van der Waals surface area contributed by atoms with Crippen molar-refractivity contribution in [2.75, 3.05) is 0 Å². The van der Waals surface area contributed by atoms with Gasteiger partial charge in [-0.2, -0.15) is 0 Å². The van der Waals surface area contributed by atoms with E-state index in [1.165, 1.54) is 26.9 Å². The van der Waals surface area contributed by atoms with Gasteiger partial charge in [0.25, 0.3) is 0 Å². The van der Waals surface area contributed by atoms with Crippen LogP contribution < -0.4 is 5.46 Å². The van der Waals surface area contributed by atoms with E-state index in [0.717, 1.165) is 32.8 Å². The molecule has 2 aliphatic heterocycles. The Balaban J connectivity index is 0.000000229. The highest BCUT2D eigenvalue weighted by Crippen LogP contribution is 2.43. The molecule has 0 N–H and O–H groups in total. The van der Waals surface area contributed by atoms with Gasteiger partial charge in [0.05, 0.1) is 22.4 Å². The Labute approximate surface area is 277 Å². The van der Waals surface area contributed by atoms with Crippen molar-refractivity contribution in [2.45, 2.75) is 97.7 Å². The average Bonchev–Trinajstić information content (AvgIpc) is 3.56. The first kappa shape index (κ1) is 32.2. The van der Waals surface area contributed by atoms with Crippen LogP contribution in [0.5, 0.6) is 0 Å². The van der Waals surface area contributed by atoms with Crippen molar-refractivity contribution < 1.29 is 27.7 Å². The predicted molar refractivity (Wildman–Crippen MR) is 194 cm³/mol. The molecule has 3 heterocycles. The Morgan fingerprint density at radius 3 is 1.47 bits per heavy atom. The van der Waals surface area contributed by atoms with Crippen LogP contribution in [0.1, 0.15) is 69.2 Å². The topological polar surface area (TPSA) is 59.3 Å². The monoisotopic (exact) mass is 630 g/mol. The number of rotatable bonds is 3. The van der Waals surface area contributed by atoms with Gasteiger partial charge in [0.1, 0.15) is 11.2 Å². The minimum absolute atomic E-state index is 0.120. The highest BCUT2D eigenvalue weighted by atomic mass is 16.8. The van der Waals surface area contributed by atoms with Crippen molar-refractivity contribution >= 4 is 74.2 Å². The summed E-state index contributed by atoms with van der Waals surface area (Å²) >= 11 is 0. The quantitative estimate of drug-likeness (QED) is 0.144. The van der Waals surface area contributed by atoms with Crippen LogP contribution in [0.2, 0.25) is 0 Å². The van der Waals surface area contributed by atoms with Crippen LogP contribution in [-0.2, 0) is 23.3 Å². The lowest BCUT2D eigenvalue weighted by Crippen LogP contribution is -2.41. The minimum Gasteiger partial charge on any atom is -0.456 e. The molecular formula is C39H44B2O6. The third-order valence-corrected chi connectivity index (χ3v) is 10.5. The largest absolute Gasteiger partial charge is 0.640 e. The van der Waals surface area contributed by atoms with E-state index in [2.05, 4.69) is 107 Å². The summed E-state index contributed by atoms with van der Waals surface area (Å²) in [4.78, 5) is 0. The summed E-state index contributed by atoms with van der Waals surface area (Å²) in [6.45, 7) is 20.3. The zero-order chi connectivity index (χ0) is 33.5. The maximum Gasteiger partial charge on any atom is 0.640 e. The van der Waals surface area contributed by atoms with E-state index in [4.69, 9.17) is 27.7 Å². The highest BCUT2D eigenvalue weighted by molar-refractivity contribution is 6.65. The van der Waals surface area contributed by atoms with Gasteiger partial charge in [-0.3, -0.25) is 0 Å². The first-order valence-electron chi connectivity index (χ1n) is 16.6. The summed E-state index contributed by atoms with van der Waals surface area (Å²) in [5, 5.41) is 9.51. The lowest BCUT2D eigenvalue weighted by molar-refractivity contribution is 0.00578. The molecule has 0 aliphatic carbocycles. The smallest absolute Gasteiger partial charge is 0.456 e. The molecular weight excluding hydrogens is 586 g/mol. The Bertz CT molecular complexity index is 2080. The molecule has 0 bridgehead atoms. The first-order valence-corrected chi connectivity index (χ1v) is 16.6. The Morgan fingerprint density at radius 2 is 0.915 bits per heavy atom. The number of hydrogen-bond acceptors (Lipinski definition) is 6. The lowest BCUT2D eigenvalue weighted by Gasteiger charge is -2.32. The molecule has 1 aromatic heterocycles. The fraction of sp³-hybridized carbons (Fsp3) is 0.385. The maximum absolute atomic E-state index is 6.74. The van der Waals surface area contributed by atoms with E-state index in [1.54, 1.807) is 0 Å². The van der Waals surface area contributed by atoms with E-state index < -0.39 is 25.6 Å². The van der Waals surface area contributed by atoms with Crippen LogP contribution in [-0.4, -0.2) is 42.9 Å². The lowest BCUT2D eigenvalue weighted by atomic mass is 9.78. The van der Waals surface area contributed by atoms with Crippen LogP contribution in [0.3, 0.4) is 0 Å². The zero-order valence-electron chi connectivity index (χ0n) is 29.2. The molecule has 5 aromatic carbocycles. The summed E-state index contributed by atoms with van der Waals surface area (Å²) < 4.78 is 36.2. The minimum atomic E-state index is -0.523. The zero-order valence-corrected chi connectivity index (χ0v) is 29.2. The molecule has 6 aromatic rings. The number of para-hydroxylation sites is 1. The first-order chi connectivity index (χ1) is 22.1. The summed E-state index contributed by atoms with van der Waals surface area (Å²) in [6, 6.07) is 27.9. The summed E-state index contributed by atoms with van der Waals surface area (Å²) in [5.74, 6) is 0. The van der Waals surface area contributed by atoms with Crippen molar-refractivity contribution in [3.63, 3.8) is 0 Å². The molecule has 0 radical (unpaired) electrons. The average molecular weight is 630 g/mol. The Kier molecular flexibility index (Phi) is 7.58. The SMILES string of the molecule is CC(C)OB1OC(C)(C)C(C)(C)O1.CC1(C)OB(c2cccc3c2oc2c3ccc3c4ccccc4c4ccccc4c32)OC1(C)C. The van der Waals surface area contributed by atoms with E-state index in [1.807, 2.05) is 41.5 Å². The van der Waals surface area contributed by atoms with E-state index in [-0.39, 0.29) is 17.3 Å². The fourth-order valence-corrected chi connectivity index (χ4v) is 6.49. The molecule has 0 atom stereocenters. The van der Waals surface area contributed by atoms with Gasteiger partial charge in [0.2, 0.25) is 0 Å². The van der Waals surface area contributed by atoms with Crippen LogP contribution in [0.15, 0.2) is 83.3 Å². The normalized spacial score (nSPS) is 19.8. The van der Waals surface area contributed by atoms with E-state index in [0.29, 0.717) is 0 Å². The molecule has 8 rings (SSSR count). The molecule has 0 saturated carbocycles. The van der Waals surface area contributed by atoms with Crippen molar-refractivity contribution in [2.24, 2.45) is 0 Å². The van der Waals surface area contributed by atoms with Crippen molar-refractivity contribution in [1.82, 2.24) is 0 Å². The second-order valence-electron chi connectivity index (χ2n) is 15.1. The van der Waals surface area contributed by atoms with Gasteiger partial charge in [0, 0.05) is 27.7 Å². The van der Waals surface area contributed by atoms with Gasteiger partial charge >= 0.3 is 14.4 Å². The number of fused-ring (bicyclic) bond motifs is 10. The molecule has 8 heteroatoms. The molecule has 0 amide bonds. The van der Waals surface area contributed by atoms with Crippen LogP contribution in [0.25, 0.3) is 54.3 Å². The molecule has 47 heavy (non-hydrogen) atoms. The van der Waals surface area contributed by atoms with Crippen LogP contribution in [0, 0.1) is 0 Å². The molecule has 6 nitrogen and oxygen atoms in total. The molecule has 0 unspecified atom stereocenters. The molecule has 0 spiro atoms. The second-order valence-corrected chi connectivity index (χ2v) is 15.1. The number of furan rings is 1. The fourth-order valence-electron chi connectivity index (χ4n) is 6.49. The van der Waals surface area contributed by atoms with Crippen molar-refractivity contribution in [3.8, 4) is 0 Å². The van der Waals surface area contributed by atoms with Gasteiger partial charge in [-0.25, -0.2) is 0 Å². The van der Waals surface area contributed by atoms with Crippen molar-refractivity contribution in [1.29, 1.82) is 0 Å². The van der Waals surface area contributed by atoms with E-state index in [9.17, 15) is 0 Å². The van der Waals surface area contributed by atoms with Gasteiger partial charge in [-0.05, 0) is 102 Å². The molecule has 2 fully saturated rings. The van der Waals surface area contributed by atoms with Gasteiger partial charge in [-0.15, -0.1) is 0 Å². The molecule has 242 valence electrons. The Morgan fingerprint density at radius 1 is 0.489 bits per heavy atom. The van der Waals surface area contributed by atoms with Crippen molar-refractivity contribution in [3.05, 3.63) is 78.9 Å². The Hall–Kier alpha value is -3.39. The number of benzene rings is 5. The van der Waals surface area contributed by atoms with Crippen LogP contribution >= 0.6 is 0 Å². The molecule has 2 saturated heterocycles. The third-order valence-electron chi connectivity index (χ3n) is 10.5. The van der Waals surface area contributed by atoms with E-state index >= 15 is 0 Å². The predicted octanol–water partition coefficient (Wildman–Crippen LogP) is 9.35. The third kappa shape index (κ3) is 5.26. The van der Waals surface area contributed by atoms with Gasteiger partial charge < -0.3 is 27.7 Å². The standard InChI is InChI=1S/C30H25BO3.C9H19BO3/c1-29(2)30(3,4)34-31(33-29)25-15-9-14-23-24-17-16-22-20-12-6-5-10-18(20)19-11-7-8-13-21(19)26(22)28(24)32-27(23)25;1-7(2)11-10-12-8(3,4)9(5,6)13-10/h5-17H,1-4H3;7H,1-6H3. The maximum atomic E-state index is 6.74. The summed E-state index contributed by atoms with van der Waals surface area (Å²) in [5.41, 5.74) is 1.27. The highest BCUT2D eigenvalue weighted by Gasteiger charge is 2.54. The van der Waals surface area contributed by atoms with Gasteiger partial charge in [0.15, 0.2) is 0 Å². The summed E-state index contributed by atoms with van der Waals surface area (Å²) in [7, 11) is -0.997.